The van der Waals surface area contributed by atoms with Crippen molar-refractivity contribution >= 4 is 18.3 Å². The van der Waals surface area contributed by atoms with Gasteiger partial charge >= 0.3 is 0 Å². The number of halogens is 1. The first-order valence-corrected chi connectivity index (χ1v) is 6.37. The molecule has 1 aliphatic rings. The van der Waals surface area contributed by atoms with E-state index in [0.717, 1.165) is 18.7 Å². The molecule has 0 unspecified atom stereocenters. The molecule has 0 bridgehead atoms. The minimum absolute atomic E-state index is 0. The highest BCUT2D eigenvalue weighted by Crippen LogP contribution is 2.20. The van der Waals surface area contributed by atoms with E-state index in [0.29, 0.717) is 17.9 Å². The first-order valence-electron chi connectivity index (χ1n) is 6.37. The van der Waals surface area contributed by atoms with Gasteiger partial charge in [0.1, 0.15) is 5.82 Å². The quantitative estimate of drug-likeness (QED) is 0.893. The number of hydrogen-bond acceptors (Lipinski definition) is 4. The van der Waals surface area contributed by atoms with Gasteiger partial charge in [-0.05, 0) is 19.3 Å². The second-order valence-electron chi connectivity index (χ2n) is 5.17. The zero-order valence-corrected chi connectivity index (χ0v) is 12.4. The molecule has 6 heteroatoms. The first kappa shape index (κ1) is 15.9. The highest BCUT2D eigenvalue weighted by molar-refractivity contribution is 5.95. The van der Waals surface area contributed by atoms with Gasteiger partial charge < -0.3 is 10.6 Å². The van der Waals surface area contributed by atoms with E-state index in [-0.39, 0.29) is 30.3 Å². The van der Waals surface area contributed by atoms with Crippen molar-refractivity contribution in [3.63, 3.8) is 0 Å². The Kier molecular flexibility index (Phi) is 5.26. The molecule has 2 heterocycles. The standard InChI is InChI=1S/C13H20N4O.ClH/c1-8(2)12-11(6-15-9(3)16-12)13(18)17-5-4-10(14)7-17;/h6,8,10H,4-5,7,14H2,1-3H3;1H/t10-;/m1./s1. The summed E-state index contributed by atoms with van der Waals surface area (Å²) in [7, 11) is 0. The Hall–Kier alpha value is -1.20. The van der Waals surface area contributed by atoms with Gasteiger partial charge in [0.25, 0.3) is 5.91 Å². The monoisotopic (exact) mass is 284 g/mol. The van der Waals surface area contributed by atoms with Gasteiger partial charge in [0.15, 0.2) is 0 Å². The van der Waals surface area contributed by atoms with Crippen LogP contribution in [-0.4, -0.2) is 39.9 Å². The molecule has 0 aliphatic carbocycles. The summed E-state index contributed by atoms with van der Waals surface area (Å²) in [6, 6.07) is 0.0998. The maximum atomic E-state index is 12.4. The Morgan fingerprint density at radius 2 is 2.21 bits per heavy atom. The van der Waals surface area contributed by atoms with E-state index >= 15 is 0 Å². The van der Waals surface area contributed by atoms with Gasteiger partial charge in [0.2, 0.25) is 0 Å². The molecule has 2 N–H and O–H groups in total. The molecule has 1 saturated heterocycles. The molecule has 1 amide bonds. The number of likely N-dealkylation sites (tertiary alicyclic amines) is 1. The molecule has 1 aromatic rings. The van der Waals surface area contributed by atoms with Gasteiger partial charge in [-0.3, -0.25) is 4.79 Å². The predicted octanol–water partition coefficient (Wildman–Crippen LogP) is 1.50. The predicted molar refractivity (Wildman–Crippen MR) is 76.6 cm³/mol. The van der Waals surface area contributed by atoms with Crippen molar-refractivity contribution in [3.8, 4) is 0 Å². The van der Waals surface area contributed by atoms with E-state index in [1.165, 1.54) is 0 Å². The molecule has 19 heavy (non-hydrogen) atoms. The fraction of sp³-hybridized carbons (Fsp3) is 0.615. The number of nitrogens with two attached hydrogens (primary N) is 1. The zero-order chi connectivity index (χ0) is 13.3. The third kappa shape index (κ3) is 3.42. The molecule has 2 rings (SSSR count). The summed E-state index contributed by atoms with van der Waals surface area (Å²) in [5.74, 6) is 0.918. The lowest BCUT2D eigenvalue weighted by molar-refractivity contribution is 0.0788. The second kappa shape index (κ2) is 6.30. The minimum Gasteiger partial charge on any atom is -0.337 e. The molecular formula is C13H21ClN4O. The normalized spacial score (nSPS) is 18.6. The molecule has 1 aliphatic heterocycles. The van der Waals surface area contributed by atoms with Crippen molar-refractivity contribution in [1.29, 1.82) is 0 Å². The number of carbonyl (C=O) groups is 1. The van der Waals surface area contributed by atoms with E-state index in [1.807, 2.05) is 20.8 Å². The highest BCUT2D eigenvalue weighted by Gasteiger charge is 2.27. The first-order chi connectivity index (χ1) is 8.49. The fourth-order valence-corrected chi connectivity index (χ4v) is 2.23. The summed E-state index contributed by atoms with van der Waals surface area (Å²) >= 11 is 0. The molecule has 0 aromatic carbocycles. The number of hydrogen-bond donors (Lipinski definition) is 1. The van der Waals surface area contributed by atoms with Crippen LogP contribution < -0.4 is 5.73 Å². The third-order valence-electron chi connectivity index (χ3n) is 3.23. The largest absolute Gasteiger partial charge is 0.337 e. The minimum atomic E-state index is 0. The molecule has 5 nitrogen and oxygen atoms in total. The van der Waals surface area contributed by atoms with Crippen LogP contribution in [0.3, 0.4) is 0 Å². The van der Waals surface area contributed by atoms with Gasteiger partial charge in [-0.25, -0.2) is 9.97 Å². The Morgan fingerprint density at radius 3 is 2.74 bits per heavy atom. The topological polar surface area (TPSA) is 72.1 Å². The van der Waals surface area contributed by atoms with E-state index in [2.05, 4.69) is 9.97 Å². The van der Waals surface area contributed by atoms with Crippen molar-refractivity contribution in [1.82, 2.24) is 14.9 Å². The molecule has 0 saturated carbocycles. The smallest absolute Gasteiger partial charge is 0.257 e. The summed E-state index contributed by atoms with van der Waals surface area (Å²) in [4.78, 5) is 22.8. The van der Waals surface area contributed by atoms with Crippen LogP contribution in [0.25, 0.3) is 0 Å². The Labute approximate surface area is 120 Å². The molecule has 106 valence electrons. The van der Waals surface area contributed by atoms with Crippen LogP contribution >= 0.6 is 12.4 Å². The molecule has 1 aromatic heterocycles. The summed E-state index contributed by atoms with van der Waals surface area (Å²) in [6.07, 6.45) is 2.51. The van der Waals surface area contributed by atoms with Crippen LogP contribution in [-0.2, 0) is 0 Å². The van der Waals surface area contributed by atoms with Gasteiger partial charge in [-0.2, -0.15) is 0 Å². The number of aromatic nitrogens is 2. The Bertz CT molecular complexity index is 464. The molecule has 0 spiro atoms. The third-order valence-corrected chi connectivity index (χ3v) is 3.23. The van der Waals surface area contributed by atoms with Crippen LogP contribution in [0.4, 0.5) is 0 Å². The van der Waals surface area contributed by atoms with Crippen LogP contribution in [0.2, 0.25) is 0 Å². The maximum absolute atomic E-state index is 12.4. The molecule has 1 atom stereocenters. The molecule has 0 radical (unpaired) electrons. The number of amides is 1. The lowest BCUT2D eigenvalue weighted by Gasteiger charge is -2.18. The summed E-state index contributed by atoms with van der Waals surface area (Å²) in [5, 5.41) is 0. The average Bonchev–Trinajstić information content (AvgIpc) is 2.75. The van der Waals surface area contributed by atoms with Gasteiger partial charge in [-0.15, -0.1) is 12.4 Å². The number of nitrogens with zero attached hydrogens (tertiary/aromatic N) is 3. The van der Waals surface area contributed by atoms with Crippen molar-refractivity contribution in [2.75, 3.05) is 13.1 Å². The van der Waals surface area contributed by atoms with Crippen molar-refractivity contribution in [2.24, 2.45) is 5.73 Å². The van der Waals surface area contributed by atoms with Crippen molar-refractivity contribution < 1.29 is 4.79 Å². The van der Waals surface area contributed by atoms with Crippen molar-refractivity contribution in [2.45, 2.75) is 39.2 Å². The summed E-state index contributed by atoms with van der Waals surface area (Å²) < 4.78 is 0. The highest BCUT2D eigenvalue weighted by atomic mass is 35.5. The van der Waals surface area contributed by atoms with E-state index < -0.39 is 0 Å². The summed E-state index contributed by atoms with van der Waals surface area (Å²) in [6.45, 7) is 7.27. The van der Waals surface area contributed by atoms with E-state index in [9.17, 15) is 4.79 Å². The molecule has 1 fully saturated rings. The van der Waals surface area contributed by atoms with Crippen LogP contribution in [0, 0.1) is 6.92 Å². The zero-order valence-electron chi connectivity index (χ0n) is 11.6. The lowest BCUT2D eigenvalue weighted by Crippen LogP contribution is -2.33. The van der Waals surface area contributed by atoms with Gasteiger partial charge in [0, 0.05) is 25.3 Å². The van der Waals surface area contributed by atoms with Crippen molar-refractivity contribution in [3.05, 3.63) is 23.3 Å². The Morgan fingerprint density at radius 1 is 1.53 bits per heavy atom. The number of aryl methyl sites for hydroxylation is 1. The lowest BCUT2D eigenvalue weighted by atomic mass is 10.0. The van der Waals surface area contributed by atoms with E-state index in [1.54, 1.807) is 11.1 Å². The van der Waals surface area contributed by atoms with Crippen LogP contribution in [0.1, 0.15) is 48.1 Å². The van der Waals surface area contributed by atoms with E-state index in [4.69, 9.17) is 5.73 Å². The Balaban J connectivity index is 0.00000180. The average molecular weight is 285 g/mol. The SMILES string of the molecule is Cc1ncc(C(=O)N2CC[C@@H](N)C2)c(C(C)C)n1.Cl. The van der Waals surface area contributed by atoms with Gasteiger partial charge in [0.05, 0.1) is 11.3 Å². The maximum Gasteiger partial charge on any atom is 0.257 e. The fourth-order valence-electron chi connectivity index (χ4n) is 2.23. The number of carbonyl (C=O) groups excluding carboxylic acids is 1. The van der Waals surface area contributed by atoms with Crippen LogP contribution in [0.5, 0.6) is 0 Å². The molecular weight excluding hydrogens is 264 g/mol. The second-order valence-corrected chi connectivity index (χ2v) is 5.17. The summed E-state index contributed by atoms with van der Waals surface area (Å²) in [5.41, 5.74) is 7.28. The number of rotatable bonds is 2. The van der Waals surface area contributed by atoms with Gasteiger partial charge in [-0.1, -0.05) is 13.8 Å². The van der Waals surface area contributed by atoms with Crippen LogP contribution in [0.15, 0.2) is 6.20 Å².